The minimum absolute atomic E-state index is 0.0312. The fourth-order valence-electron chi connectivity index (χ4n) is 5.98. The summed E-state index contributed by atoms with van der Waals surface area (Å²) in [5, 5.41) is 27.3. The first-order valence-electron chi connectivity index (χ1n) is 18.2. The molecule has 0 saturated heterocycles. The zero-order valence-electron chi connectivity index (χ0n) is 28.9. The van der Waals surface area contributed by atoms with Crippen molar-refractivity contribution in [1.82, 2.24) is 5.32 Å². The number of nitrogens with one attached hydrogen (secondary N) is 2. The fourth-order valence-corrected chi connectivity index (χ4v) is 5.98. The minimum atomic E-state index is -1.00. The number of carbonyl (C=O) groups excluding carboxylic acids is 2. The average Bonchev–Trinajstić information content (AvgIpc) is 3.08. The first kappa shape index (κ1) is 38.3. The lowest BCUT2D eigenvalue weighted by Crippen LogP contribution is -2.25. The molecule has 0 aromatic heterocycles. The van der Waals surface area contributed by atoms with Crippen molar-refractivity contribution in [3.63, 3.8) is 0 Å². The van der Waals surface area contributed by atoms with Crippen molar-refractivity contribution in [2.24, 2.45) is 5.92 Å². The molecule has 0 heterocycles. The van der Waals surface area contributed by atoms with Crippen molar-refractivity contribution in [3.8, 4) is 5.75 Å². The number of phenolic OH excluding ortho intramolecular Hbond substituents is 1. The van der Waals surface area contributed by atoms with Gasteiger partial charge in [-0.25, -0.2) is 0 Å². The molecular weight excluding hydrogens is 600 g/mol. The van der Waals surface area contributed by atoms with Crippen molar-refractivity contribution in [2.75, 3.05) is 11.9 Å². The summed E-state index contributed by atoms with van der Waals surface area (Å²) in [5.41, 5.74) is 1.78. The molecule has 0 radical (unpaired) electrons. The van der Waals surface area contributed by atoms with Crippen LogP contribution in [0, 0.1) is 5.92 Å². The Labute approximate surface area is 287 Å². The lowest BCUT2D eigenvalue weighted by molar-refractivity contribution is -0.141. The number of phenols is 1. The third-order valence-corrected chi connectivity index (χ3v) is 8.90. The summed E-state index contributed by atoms with van der Waals surface area (Å²) < 4.78 is 0. The van der Waals surface area contributed by atoms with E-state index in [1.54, 1.807) is 30.3 Å². The largest absolute Gasteiger partial charge is 0.506 e. The van der Waals surface area contributed by atoms with Crippen LogP contribution in [0.3, 0.4) is 0 Å². The van der Waals surface area contributed by atoms with Crippen molar-refractivity contribution in [3.05, 3.63) is 83.9 Å². The quantitative estimate of drug-likeness (QED) is 0.0566. The summed E-state index contributed by atoms with van der Waals surface area (Å²) in [4.78, 5) is 37.0. The maximum absolute atomic E-state index is 12.7. The van der Waals surface area contributed by atoms with E-state index in [4.69, 9.17) is 0 Å². The van der Waals surface area contributed by atoms with Crippen molar-refractivity contribution >= 4 is 34.2 Å². The third kappa shape index (κ3) is 14.3. The van der Waals surface area contributed by atoms with E-state index in [0.29, 0.717) is 24.0 Å². The van der Waals surface area contributed by atoms with Crippen LogP contribution >= 0.6 is 0 Å². The van der Waals surface area contributed by atoms with Gasteiger partial charge in [-0.15, -0.1) is 0 Å². The van der Waals surface area contributed by atoms with Crippen LogP contribution in [0.5, 0.6) is 5.75 Å². The molecule has 4 N–H and O–H groups in total. The van der Waals surface area contributed by atoms with Crippen LogP contribution in [0.15, 0.2) is 72.8 Å². The number of amides is 2. The molecule has 1 atom stereocenters. The van der Waals surface area contributed by atoms with Crippen LogP contribution in [0.1, 0.15) is 126 Å². The van der Waals surface area contributed by atoms with E-state index in [2.05, 4.69) is 17.6 Å². The van der Waals surface area contributed by atoms with Gasteiger partial charge in [-0.1, -0.05) is 145 Å². The number of benzene rings is 3. The molecule has 48 heavy (non-hydrogen) atoms. The van der Waals surface area contributed by atoms with Gasteiger partial charge in [0.1, 0.15) is 5.75 Å². The summed E-state index contributed by atoms with van der Waals surface area (Å²) >= 11 is 0. The molecular formula is C41H56N2O5. The van der Waals surface area contributed by atoms with E-state index >= 15 is 0 Å². The predicted molar refractivity (Wildman–Crippen MR) is 197 cm³/mol. The van der Waals surface area contributed by atoms with E-state index in [0.717, 1.165) is 30.2 Å². The molecule has 0 saturated carbocycles. The SMILES string of the molecule is CCCCCCCCCCCCCCCC/C=C/C(CC(=O)Nc1ccc(CCNC(=O)c2ccc3ccccc3c2O)cc1)C(=O)O. The molecule has 3 aromatic rings. The Balaban J connectivity index is 1.27. The Morgan fingerprint density at radius 3 is 1.98 bits per heavy atom. The lowest BCUT2D eigenvalue weighted by Gasteiger charge is -2.11. The van der Waals surface area contributed by atoms with E-state index in [1.807, 2.05) is 42.5 Å². The van der Waals surface area contributed by atoms with Gasteiger partial charge < -0.3 is 20.8 Å². The number of carboxylic acid groups (broad SMARTS) is 1. The maximum Gasteiger partial charge on any atom is 0.310 e. The Bertz CT molecular complexity index is 1430. The molecule has 1 unspecified atom stereocenters. The van der Waals surface area contributed by atoms with Crippen molar-refractivity contribution < 1.29 is 24.6 Å². The second-order valence-corrected chi connectivity index (χ2v) is 12.9. The van der Waals surface area contributed by atoms with Gasteiger partial charge in [-0.05, 0) is 48.4 Å². The highest BCUT2D eigenvalue weighted by atomic mass is 16.4. The molecule has 0 aliphatic carbocycles. The molecule has 0 spiro atoms. The lowest BCUT2D eigenvalue weighted by atomic mass is 10.0. The van der Waals surface area contributed by atoms with Gasteiger partial charge in [-0.2, -0.15) is 0 Å². The zero-order valence-corrected chi connectivity index (χ0v) is 28.9. The van der Waals surface area contributed by atoms with Gasteiger partial charge in [0.25, 0.3) is 5.91 Å². The number of hydrogen-bond donors (Lipinski definition) is 4. The number of rotatable bonds is 24. The Hall–Kier alpha value is -4.13. The smallest absolute Gasteiger partial charge is 0.310 e. The standard InChI is InChI=1S/C41H56N2O5/c1-2-3-4-5-6-7-8-9-10-11-12-13-14-15-16-17-21-34(41(47)48)31-38(44)43-35-26-23-32(24-27-35)29-30-42-40(46)37-28-25-33-20-18-19-22-36(33)39(37)45/h17-28,34,45H,2-16,29-31H2,1H3,(H,42,46)(H,43,44)(H,47,48)/b21-17+. The van der Waals surface area contributed by atoms with Crippen LogP contribution in [0.25, 0.3) is 10.8 Å². The molecule has 0 bridgehead atoms. The maximum atomic E-state index is 12.7. The average molecular weight is 657 g/mol. The number of carbonyl (C=O) groups is 3. The van der Waals surface area contributed by atoms with E-state index in [9.17, 15) is 24.6 Å². The van der Waals surface area contributed by atoms with Crippen LogP contribution in [-0.4, -0.2) is 34.5 Å². The first-order chi connectivity index (χ1) is 23.4. The summed E-state index contributed by atoms with van der Waals surface area (Å²) in [7, 11) is 0. The summed E-state index contributed by atoms with van der Waals surface area (Å²) in [5.74, 6) is -2.59. The van der Waals surface area contributed by atoms with Gasteiger partial charge >= 0.3 is 5.97 Å². The Kier molecular flexibility index (Phi) is 17.9. The number of fused-ring (bicyclic) bond motifs is 1. The van der Waals surface area contributed by atoms with Crippen molar-refractivity contribution in [2.45, 2.75) is 116 Å². The van der Waals surface area contributed by atoms with Gasteiger partial charge in [0.05, 0.1) is 11.5 Å². The topological polar surface area (TPSA) is 116 Å². The molecule has 0 aliphatic rings. The number of hydrogen-bond acceptors (Lipinski definition) is 4. The van der Waals surface area contributed by atoms with Gasteiger partial charge in [0.2, 0.25) is 5.91 Å². The number of aliphatic carboxylic acids is 1. The summed E-state index contributed by atoms with van der Waals surface area (Å²) in [6.07, 6.45) is 23.1. The van der Waals surface area contributed by atoms with Gasteiger partial charge in [0, 0.05) is 24.0 Å². The van der Waals surface area contributed by atoms with E-state index in [-0.39, 0.29) is 29.5 Å². The van der Waals surface area contributed by atoms with Crippen LogP contribution in [-0.2, 0) is 16.0 Å². The van der Waals surface area contributed by atoms with Gasteiger partial charge in [0.15, 0.2) is 0 Å². The molecule has 2 amide bonds. The minimum Gasteiger partial charge on any atom is -0.506 e. The number of anilines is 1. The first-order valence-corrected chi connectivity index (χ1v) is 18.2. The Morgan fingerprint density at radius 1 is 0.750 bits per heavy atom. The highest BCUT2D eigenvalue weighted by Crippen LogP contribution is 2.28. The number of aromatic hydroxyl groups is 1. The number of unbranched alkanes of at least 4 members (excludes halogenated alkanes) is 14. The van der Waals surface area contributed by atoms with Gasteiger partial charge in [-0.3, -0.25) is 14.4 Å². The summed E-state index contributed by atoms with van der Waals surface area (Å²) in [6.45, 7) is 2.64. The zero-order chi connectivity index (χ0) is 34.4. The monoisotopic (exact) mass is 656 g/mol. The number of carboxylic acids is 1. The second-order valence-electron chi connectivity index (χ2n) is 12.9. The van der Waals surface area contributed by atoms with E-state index < -0.39 is 11.9 Å². The highest BCUT2D eigenvalue weighted by Gasteiger charge is 2.18. The normalized spacial score (nSPS) is 11.9. The molecule has 0 fully saturated rings. The third-order valence-electron chi connectivity index (χ3n) is 8.90. The fraction of sp³-hybridized carbons (Fsp3) is 0.488. The molecule has 0 aliphatic heterocycles. The molecule has 3 aromatic carbocycles. The van der Waals surface area contributed by atoms with Crippen molar-refractivity contribution in [1.29, 1.82) is 0 Å². The second kappa shape index (κ2) is 22.4. The van der Waals surface area contributed by atoms with E-state index in [1.165, 1.54) is 77.0 Å². The molecule has 7 heteroatoms. The Morgan fingerprint density at radius 2 is 1.35 bits per heavy atom. The predicted octanol–water partition coefficient (Wildman–Crippen LogP) is 9.97. The molecule has 260 valence electrons. The molecule has 3 rings (SSSR count). The summed E-state index contributed by atoms with van der Waals surface area (Å²) in [6, 6.07) is 18.1. The van der Waals surface area contributed by atoms with Crippen LogP contribution < -0.4 is 10.6 Å². The number of allylic oxidation sites excluding steroid dienone is 1. The van der Waals surface area contributed by atoms with Crippen LogP contribution in [0.2, 0.25) is 0 Å². The van der Waals surface area contributed by atoms with Crippen LogP contribution in [0.4, 0.5) is 5.69 Å². The highest BCUT2D eigenvalue weighted by molar-refractivity contribution is 6.03. The molecule has 7 nitrogen and oxygen atoms in total.